The molecule has 70 valence electrons. The molecule has 0 bridgehead atoms. The zero-order valence-electron chi connectivity index (χ0n) is 7.54. The summed E-state index contributed by atoms with van der Waals surface area (Å²) in [6, 6.07) is 0. The summed E-state index contributed by atoms with van der Waals surface area (Å²) in [4.78, 5) is 8.03. The minimum Gasteiger partial charge on any atom is -0.244 e. The van der Waals surface area contributed by atoms with Gasteiger partial charge in [-0.1, -0.05) is 30.9 Å². The highest BCUT2D eigenvalue weighted by atomic mass is 35.5. The summed E-state index contributed by atoms with van der Waals surface area (Å²) < 4.78 is 0. The van der Waals surface area contributed by atoms with Gasteiger partial charge in [-0.3, -0.25) is 0 Å². The molecule has 2 rings (SSSR count). The molecule has 1 saturated carbocycles. The molecule has 0 spiro atoms. The average Bonchev–Trinajstić information content (AvgIpc) is 2.20. The van der Waals surface area contributed by atoms with Crippen molar-refractivity contribution in [3.05, 3.63) is 23.2 Å². The predicted molar refractivity (Wildman–Crippen MR) is 52.9 cm³/mol. The first-order valence-electron chi connectivity index (χ1n) is 4.83. The number of aromatic nitrogens is 2. The Hall–Kier alpha value is -0.630. The minimum absolute atomic E-state index is 0.599. The van der Waals surface area contributed by atoms with E-state index >= 15 is 0 Å². The monoisotopic (exact) mass is 196 g/mol. The van der Waals surface area contributed by atoms with Crippen molar-refractivity contribution < 1.29 is 0 Å². The number of rotatable bonds is 1. The van der Waals surface area contributed by atoms with Crippen molar-refractivity contribution in [2.24, 2.45) is 0 Å². The highest BCUT2D eigenvalue weighted by molar-refractivity contribution is 6.30. The van der Waals surface area contributed by atoms with E-state index in [-0.39, 0.29) is 0 Å². The van der Waals surface area contributed by atoms with Gasteiger partial charge in [0, 0.05) is 11.8 Å². The van der Waals surface area contributed by atoms with Gasteiger partial charge < -0.3 is 0 Å². The van der Waals surface area contributed by atoms with E-state index in [9.17, 15) is 0 Å². The van der Waals surface area contributed by atoms with Crippen LogP contribution in [0.4, 0.5) is 0 Å². The van der Waals surface area contributed by atoms with E-state index in [1.165, 1.54) is 38.4 Å². The van der Waals surface area contributed by atoms with Gasteiger partial charge in [0.25, 0.3) is 0 Å². The summed E-state index contributed by atoms with van der Waals surface area (Å²) in [6.45, 7) is 0. The third kappa shape index (κ3) is 1.99. The normalized spacial score (nSPS) is 18.8. The van der Waals surface area contributed by atoms with Crippen LogP contribution in [0, 0.1) is 0 Å². The molecule has 1 aliphatic carbocycles. The largest absolute Gasteiger partial charge is 0.244 e. The van der Waals surface area contributed by atoms with E-state index in [0.29, 0.717) is 11.1 Å². The molecule has 0 aromatic carbocycles. The van der Waals surface area contributed by atoms with Crippen molar-refractivity contribution in [3.8, 4) is 0 Å². The quantitative estimate of drug-likeness (QED) is 0.645. The molecule has 0 N–H and O–H groups in total. The van der Waals surface area contributed by atoms with E-state index in [4.69, 9.17) is 11.6 Å². The van der Waals surface area contributed by atoms with Gasteiger partial charge in [0.05, 0.1) is 0 Å². The van der Waals surface area contributed by atoms with Crippen molar-refractivity contribution in [2.45, 2.75) is 38.0 Å². The van der Waals surface area contributed by atoms with Gasteiger partial charge in [-0.15, -0.1) is 0 Å². The van der Waals surface area contributed by atoms with Crippen LogP contribution >= 0.6 is 11.6 Å². The molecular weight excluding hydrogens is 184 g/mol. The predicted octanol–water partition coefficient (Wildman–Crippen LogP) is 3.18. The molecule has 0 aliphatic heterocycles. The summed E-state index contributed by atoms with van der Waals surface area (Å²) >= 11 is 6.01. The summed E-state index contributed by atoms with van der Waals surface area (Å²) in [6.07, 6.45) is 9.85. The van der Waals surface area contributed by atoms with Crippen LogP contribution < -0.4 is 0 Å². The maximum absolute atomic E-state index is 6.01. The first-order valence-corrected chi connectivity index (χ1v) is 5.21. The Kier molecular flexibility index (Phi) is 2.79. The Balaban J connectivity index is 2.18. The second-order valence-corrected chi connectivity index (χ2v) is 3.96. The van der Waals surface area contributed by atoms with Crippen LogP contribution in [0.2, 0.25) is 5.15 Å². The fourth-order valence-corrected chi connectivity index (χ4v) is 2.26. The van der Waals surface area contributed by atoms with E-state index in [0.717, 1.165) is 5.56 Å². The lowest BCUT2D eigenvalue weighted by Crippen LogP contribution is -2.06. The molecule has 0 unspecified atom stereocenters. The molecule has 0 radical (unpaired) electrons. The second-order valence-electron chi connectivity index (χ2n) is 3.60. The second kappa shape index (κ2) is 4.05. The molecule has 0 amide bonds. The molecular formula is C10H13ClN2. The molecule has 0 saturated heterocycles. The van der Waals surface area contributed by atoms with Crippen LogP contribution in [0.1, 0.15) is 43.6 Å². The standard InChI is InChI=1S/C10H13ClN2/c11-10-9(6-12-7-13-10)8-4-2-1-3-5-8/h6-8H,1-5H2. The van der Waals surface area contributed by atoms with Crippen LogP contribution in [-0.4, -0.2) is 9.97 Å². The van der Waals surface area contributed by atoms with Gasteiger partial charge in [0.1, 0.15) is 11.5 Å². The molecule has 3 heteroatoms. The molecule has 1 aliphatic rings. The van der Waals surface area contributed by atoms with Crippen molar-refractivity contribution >= 4 is 11.6 Å². The third-order valence-corrected chi connectivity index (χ3v) is 3.05. The topological polar surface area (TPSA) is 25.8 Å². The Morgan fingerprint density at radius 3 is 2.69 bits per heavy atom. The zero-order chi connectivity index (χ0) is 9.10. The van der Waals surface area contributed by atoms with Gasteiger partial charge in [0.15, 0.2) is 0 Å². The Bertz CT molecular complexity index is 282. The van der Waals surface area contributed by atoms with Crippen LogP contribution in [0.15, 0.2) is 12.5 Å². The third-order valence-electron chi connectivity index (χ3n) is 2.73. The van der Waals surface area contributed by atoms with E-state index in [2.05, 4.69) is 9.97 Å². The lowest BCUT2D eigenvalue weighted by atomic mass is 9.85. The fourth-order valence-electron chi connectivity index (χ4n) is 2.01. The SMILES string of the molecule is Clc1ncncc1C1CCCCC1. The van der Waals surface area contributed by atoms with Crippen LogP contribution in [0.25, 0.3) is 0 Å². The summed E-state index contributed by atoms with van der Waals surface area (Å²) in [5.41, 5.74) is 1.14. The van der Waals surface area contributed by atoms with Crippen LogP contribution in [0.5, 0.6) is 0 Å². The fraction of sp³-hybridized carbons (Fsp3) is 0.600. The highest BCUT2D eigenvalue weighted by Crippen LogP contribution is 2.34. The van der Waals surface area contributed by atoms with Crippen molar-refractivity contribution in [2.75, 3.05) is 0 Å². The first kappa shape index (κ1) is 8.95. The van der Waals surface area contributed by atoms with Gasteiger partial charge in [-0.05, 0) is 18.8 Å². The zero-order valence-corrected chi connectivity index (χ0v) is 8.30. The van der Waals surface area contributed by atoms with Crippen molar-refractivity contribution in [1.29, 1.82) is 0 Å². The number of hydrogen-bond donors (Lipinski definition) is 0. The molecule has 13 heavy (non-hydrogen) atoms. The smallest absolute Gasteiger partial charge is 0.135 e. The van der Waals surface area contributed by atoms with Gasteiger partial charge >= 0.3 is 0 Å². The van der Waals surface area contributed by atoms with Crippen LogP contribution in [-0.2, 0) is 0 Å². The molecule has 1 aromatic rings. The van der Waals surface area contributed by atoms with E-state index in [1.54, 1.807) is 0 Å². The summed E-state index contributed by atoms with van der Waals surface area (Å²) in [7, 11) is 0. The number of nitrogens with zero attached hydrogens (tertiary/aromatic N) is 2. The van der Waals surface area contributed by atoms with E-state index in [1.807, 2.05) is 6.20 Å². The summed E-state index contributed by atoms with van der Waals surface area (Å²) in [5, 5.41) is 0.641. The molecule has 2 nitrogen and oxygen atoms in total. The Morgan fingerprint density at radius 2 is 2.00 bits per heavy atom. The van der Waals surface area contributed by atoms with Crippen molar-refractivity contribution in [1.82, 2.24) is 9.97 Å². The van der Waals surface area contributed by atoms with Gasteiger partial charge in [-0.25, -0.2) is 9.97 Å². The lowest BCUT2D eigenvalue weighted by Gasteiger charge is -2.21. The maximum atomic E-state index is 6.01. The molecule has 1 fully saturated rings. The van der Waals surface area contributed by atoms with E-state index < -0.39 is 0 Å². The average molecular weight is 197 g/mol. The maximum Gasteiger partial charge on any atom is 0.135 e. The molecule has 0 atom stereocenters. The first-order chi connectivity index (χ1) is 6.38. The lowest BCUT2D eigenvalue weighted by molar-refractivity contribution is 0.442. The van der Waals surface area contributed by atoms with Crippen molar-refractivity contribution in [3.63, 3.8) is 0 Å². The Morgan fingerprint density at radius 1 is 1.23 bits per heavy atom. The Labute approximate surface area is 83.4 Å². The summed E-state index contributed by atoms with van der Waals surface area (Å²) in [5.74, 6) is 0.599. The number of hydrogen-bond acceptors (Lipinski definition) is 2. The number of halogens is 1. The minimum atomic E-state index is 0.599. The highest BCUT2D eigenvalue weighted by Gasteiger charge is 2.18. The van der Waals surface area contributed by atoms with Gasteiger partial charge in [0.2, 0.25) is 0 Å². The molecule has 1 aromatic heterocycles. The van der Waals surface area contributed by atoms with Gasteiger partial charge in [-0.2, -0.15) is 0 Å². The van der Waals surface area contributed by atoms with Crippen LogP contribution in [0.3, 0.4) is 0 Å². The molecule has 1 heterocycles.